The molecule has 1 N–H and O–H groups in total. The van der Waals surface area contributed by atoms with E-state index in [2.05, 4.69) is 20.4 Å². The normalized spacial score (nSPS) is 13.3. The van der Waals surface area contributed by atoms with E-state index in [0.717, 1.165) is 17.4 Å². The first-order valence-electron chi connectivity index (χ1n) is 12.3. The van der Waals surface area contributed by atoms with Crippen LogP contribution in [-0.2, 0) is 4.79 Å². The van der Waals surface area contributed by atoms with Crippen LogP contribution in [0.15, 0.2) is 82.4 Å². The lowest BCUT2D eigenvalue weighted by molar-refractivity contribution is -0.113. The van der Waals surface area contributed by atoms with E-state index in [0.29, 0.717) is 59.9 Å². The quantitative estimate of drug-likeness (QED) is 0.320. The number of carbonyl (C=O) groups excluding carboxylic acids is 2. The molecule has 0 atom stereocenters. The number of hydrogen-bond acceptors (Lipinski definition) is 8. The van der Waals surface area contributed by atoms with E-state index in [1.807, 2.05) is 48.5 Å². The maximum atomic E-state index is 13.1. The predicted octanol–water partition coefficient (Wildman–Crippen LogP) is 4.58. The summed E-state index contributed by atoms with van der Waals surface area (Å²) in [5.41, 5.74) is 2.85. The molecule has 39 heavy (non-hydrogen) atoms. The lowest BCUT2D eigenvalue weighted by atomic mass is 10.1. The fourth-order valence-electron chi connectivity index (χ4n) is 4.22. The number of anilines is 2. The van der Waals surface area contributed by atoms with E-state index < -0.39 is 0 Å². The maximum absolute atomic E-state index is 13.1. The van der Waals surface area contributed by atoms with Crippen LogP contribution < -0.4 is 15.0 Å². The predicted molar refractivity (Wildman–Crippen MR) is 147 cm³/mol. The number of halogens is 1. The number of nitrogens with zero attached hydrogens (tertiary/aromatic N) is 4. The van der Waals surface area contributed by atoms with Gasteiger partial charge < -0.3 is 24.3 Å². The average molecular weight is 548 g/mol. The van der Waals surface area contributed by atoms with Gasteiger partial charge in [-0.25, -0.2) is 4.39 Å². The number of piperazine rings is 1. The van der Waals surface area contributed by atoms with Crippen molar-refractivity contribution in [2.75, 3.05) is 49.3 Å². The SMILES string of the molecule is COc1ccccc1-c1nnc(SCC(=O)Nc2ccc(N3CCN(C(=O)c4ccc(F)cc4)CC3)cc2)o1. The molecule has 1 aliphatic heterocycles. The minimum Gasteiger partial charge on any atom is -0.496 e. The van der Waals surface area contributed by atoms with Crippen LogP contribution in [0.4, 0.5) is 15.8 Å². The van der Waals surface area contributed by atoms with Crippen LogP contribution >= 0.6 is 11.8 Å². The topological polar surface area (TPSA) is 101 Å². The smallest absolute Gasteiger partial charge is 0.277 e. The number of amides is 2. The van der Waals surface area contributed by atoms with Gasteiger partial charge in [0, 0.05) is 43.1 Å². The number of thioether (sulfide) groups is 1. The van der Waals surface area contributed by atoms with Crippen molar-refractivity contribution in [3.05, 3.63) is 84.2 Å². The highest BCUT2D eigenvalue weighted by Gasteiger charge is 2.22. The second-order valence-corrected chi connectivity index (χ2v) is 9.67. The lowest BCUT2D eigenvalue weighted by Crippen LogP contribution is -2.48. The van der Waals surface area contributed by atoms with Crippen LogP contribution in [0.5, 0.6) is 5.75 Å². The molecular formula is C28H26FN5O4S. The molecule has 11 heteroatoms. The fraction of sp³-hybridized carbons (Fsp3) is 0.214. The highest BCUT2D eigenvalue weighted by molar-refractivity contribution is 7.99. The van der Waals surface area contributed by atoms with Crippen molar-refractivity contribution in [3.63, 3.8) is 0 Å². The Hall–Kier alpha value is -4.38. The van der Waals surface area contributed by atoms with E-state index >= 15 is 0 Å². The highest BCUT2D eigenvalue weighted by Crippen LogP contribution is 2.30. The molecule has 0 aliphatic carbocycles. The van der Waals surface area contributed by atoms with Crippen molar-refractivity contribution in [1.82, 2.24) is 15.1 Å². The molecule has 2 heterocycles. The Balaban J connectivity index is 1.09. The van der Waals surface area contributed by atoms with Crippen LogP contribution in [0.2, 0.25) is 0 Å². The molecule has 1 aromatic heterocycles. The minimum atomic E-state index is -0.361. The van der Waals surface area contributed by atoms with Crippen LogP contribution in [0.1, 0.15) is 10.4 Å². The first kappa shape index (κ1) is 26.2. The number of hydrogen-bond donors (Lipinski definition) is 1. The van der Waals surface area contributed by atoms with Crippen molar-refractivity contribution >= 4 is 35.0 Å². The van der Waals surface area contributed by atoms with Crippen molar-refractivity contribution in [2.45, 2.75) is 5.22 Å². The van der Waals surface area contributed by atoms with E-state index in [4.69, 9.17) is 9.15 Å². The van der Waals surface area contributed by atoms with Crippen LogP contribution in [-0.4, -0.2) is 66.0 Å². The summed E-state index contributed by atoms with van der Waals surface area (Å²) in [5.74, 6) is 0.408. The summed E-state index contributed by atoms with van der Waals surface area (Å²) in [6, 6.07) is 20.5. The van der Waals surface area contributed by atoms with Gasteiger partial charge >= 0.3 is 0 Å². The minimum absolute atomic E-state index is 0.0953. The van der Waals surface area contributed by atoms with E-state index in [9.17, 15) is 14.0 Å². The second kappa shape index (κ2) is 12.0. The van der Waals surface area contributed by atoms with Gasteiger partial charge in [0.15, 0.2) is 0 Å². The number of rotatable bonds is 8. The molecule has 9 nitrogen and oxygen atoms in total. The Bertz CT molecular complexity index is 1440. The Morgan fingerprint density at radius 3 is 2.41 bits per heavy atom. The third-order valence-corrected chi connectivity index (χ3v) is 7.06. The van der Waals surface area contributed by atoms with Crippen molar-refractivity contribution in [2.24, 2.45) is 0 Å². The fourth-order valence-corrected chi connectivity index (χ4v) is 4.78. The molecule has 0 spiro atoms. The summed E-state index contributed by atoms with van der Waals surface area (Å²) in [6.45, 7) is 2.49. The largest absolute Gasteiger partial charge is 0.496 e. The maximum Gasteiger partial charge on any atom is 0.277 e. The van der Waals surface area contributed by atoms with Crippen LogP contribution in [0.3, 0.4) is 0 Å². The van der Waals surface area contributed by atoms with Gasteiger partial charge in [0.05, 0.1) is 18.4 Å². The third kappa shape index (κ3) is 6.37. The van der Waals surface area contributed by atoms with Gasteiger partial charge in [-0.15, -0.1) is 10.2 Å². The molecule has 0 unspecified atom stereocenters. The van der Waals surface area contributed by atoms with Gasteiger partial charge in [-0.2, -0.15) is 0 Å². The third-order valence-electron chi connectivity index (χ3n) is 6.24. The molecule has 2 amide bonds. The standard InChI is InChI=1S/C28H26FN5O4S/c1-37-24-5-3-2-4-23(24)26-31-32-28(38-26)39-18-25(35)30-21-10-12-22(13-11-21)33-14-16-34(17-15-33)27(36)19-6-8-20(29)9-7-19/h2-13H,14-18H2,1H3,(H,30,35). The number of aromatic nitrogens is 2. The zero-order chi connectivity index (χ0) is 27.2. The lowest BCUT2D eigenvalue weighted by Gasteiger charge is -2.36. The van der Waals surface area contributed by atoms with Gasteiger partial charge in [-0.3, -0.25) is 9.59 Å². The number of benzene rings is 3. The molecule has 0 bridgehead atoms. The van der Waals surface area contributed by atoms with Crippen molar-refractivity contribution < 1.29 is 23.1 Å². The van der Waals surface area contributed by atoms with Gasteiger partial charge in [0.2, 0.25) is 5.91 Å². The zero-order valence-electron chi connectivity index (χ0n) is 21.2. The average Bonchev–Trinajstić information content (AvgIpc) is 3.46. The molecule has 3 aromatic carbocycles. The summed E-state index contributed by atoms with van der Waals surface area (Å²) in [6.07, 6.45) is 0. The van der Waals surface area contributed by atoms with Crippen LogP contribution in [0, 0.1) is 5.82 Å². The molecule has 0 saturated carbocycles. The monoisotopic (exact) mass is 547 g/mol. The summed E-state index contributed by atoms with van der Waals surface area (Å²) < 4.78 is 24.2. The molecular weight excluding hydrogens is 521 g/mol. The zero-order valence-corrected chi connectivity index (χ0v) is 22.0. The molecule has 1 aliphatic rings. The molecule has 1 saturated heterocycles. The Morgan fingerprint density at radius 1 is 0.974 bits per heavy atom. The molecule has 4 aromatic rings. The molecule has 5 rings (SSSR count). The second-order valence-electron chi connectivity index (χ2n) is 8.74. The Labute approximate surface area is 229 Å². The van der Waals surface area contributed by atoms with E-state index in [1.165, 1.54) is 24.3 Å². The molecule has 0 radical (unpaired) electrons. The first-order chi connectivity index (χ1) is 19.0. The Morgan fingerprint density at radius 2 is 1.69 bits per heavy atom. The van der Waals surface area contributed by atoms with Crippen molar-refractivity contribution in [3.8, 4) is 17.2 Å². The number of nitrogens with one attached hydrogen (secondary N) is 1. The van der Waals surface area contributed by atoms with Gasteiger partial charge in [-0.1, -0.05) is 23.9 Å². The summed E-state index contributed by atoms with van der Waals surface area (Å²) in [4.78, 5) is 29.1. The van der Waals surface area contributed by atoms with Gasteiger partial charge in [0.25, 0.3) is 17.0 Å². The number of para-hydroxylation sites is 1. The molecule has 200 valence electrons. The number of carbonyl (C=O) groups is 2. The molecule has 1 fully saturated rings. The highest BCUT2D eigenvalue weighted by atomic mass is 32.2. The first-order valence-corrected chi connectivity index (χ1v) is 13.3. The van der Waals surface area contributed by atoms with E-state index in [-0.39, 0.29) is 23.4 Å². The summed E-state index contributed by atoms with van der Waals surface area (Å²) in [5, 5.41) is 11.2. The van der Waals surface area contributed by atoms with Crippen LogP contribution in [0.25, 0.3) is 11.5 Å². The van der Waals surface area contributed by atoms with E-state index in [1.54, 1.807) is 12.0 Å². The van der Waals surface area contributed by atoms with Gasteiger partial charge in [0.1, 0.15) is 11.6 Å². The summed E-state index contributed by atoms with van der Waals surface area (Å²) in [7, 11) is 1.57. The number of ether oxygens (including phenoxy) is 1. The van der Waals surface area contributed by atoms with Crippen molar-refractivity contribution in [1.29, 1.82) is 0 Å². The Kier molecular flexibility index (Phi) is 8.07. The number of methoxy groups -OCH3 is 1. The summed E-state index contributed by atoms with van der Waals surface area (Å²) >= 11 is 1.15. The van der Waals surface area contributed by atoms with Gasteiger partial charge in [-0.05, 0) is 60.7 Å².